The molecule has 1 saturated heterocycles. The Labute approximate surface area is 116 Å². The first-order valence-electron chi connectivity index (χ1n) is 6.32. The number of ketones is 1. The minimum Gasteiger partial charge on any atom is -0.289 e. The molecule has 2 unspecified atom stereocenters. The van der Waals surface area contributed by atoms with Gasteiger partial charge >= 0.3 is 0 Å². The third kappa shape index (κ3) is 2.74. The SMILES string of the molecule is CCC1SCCSC1C(=O)c1ncnn1C(C)C. The Kier molecular flexibility index (Phi) is 4.72. The summed E-state index contributed by atoms with van der Waals surface area (Å²) in [5, 5.41) is 4.60. The van der Waals surface area contributed by atoms with Crippen molar-refractivity contribution >= 4 is 29.3 Å². The molecule has 0 radical (unpaired) electrons. The van der Waals surface area contributed by atoms with Crippen molar-refractivity contribution < 1.29 is 4.79 Å². The van der Waals surface area contributed by atoms with Gasteiger partial charge in [0.05, 0.1) is 5.25 Å². The van der Waals surface area contributed by atoms with E-state index in [9.17, 15) is 4.79 Å². The van der Waals surface area contributed by atoms with Crippen molar-refractivity contribution in [2.75, 3.05) is 11.5 Å². The number of aromatic nitrogens is 3. The first-order chi connectivity index (χ1) is 8.65. The van der Waals surface area contributed by atoms with Crippen LogP contribution in [0, 0.1) is 0 Å². The molecular formula is C12H19N3OS2. The van der Waals surface area contributed by atoms with E-state index in [1.807, 2.05) is 25.6 Å². The third-order valence-electron chi connectivity index (χ3n) is 2.99. The molecule has 0 aromatic carbocycles. The molecule has 1 fully saturated rings. The molecule has 1 aliphatic rings. The molecule has 18 heavy (non-hydrogen) atoms. The maximum atomic E-state index is 12.6. The van der Waals surface area contributed by atoms with Crippen molar-refractivity contribution in [1.82, 2.24) is 14.8 Å². The van der Waals surface area contributed by atoms with Crippen LogP contribution in [0.3, 0.4) is 0 Å². The van der Waals surface area contributed by atoms with Gasteiger partial charge < -0.3 is 0 Å². The smallest absolute Gasteiger partial charge is 0.213 e. The van der Waals surface area contributed by atoms with Gasteiger partial charge in [0.25, 0.3) is 0 Å². The van der Waals surface area contributed by atoms with Crippen LogP contribution in [0.4, 0.5) is 0 Å². The minimum absolute atomic E-state index is 0.0375. The molecule has 0 amide bonds. The molecule has 100 valence electrons. The second-order valence-electron chi connectivity index (χ2n) is 4.60. The fraction of sp³-hybridized carbons (Fsp3) is 0.750. The van der Waals surface area contributed by atoms with E-state index in [-0.39, 0.29) is 17.1 Å². The third-order valence-corrected chi connectivity index (χ3v) is 6.24. The van der Waals surface area contributed by atoms with E-state index in [0.717, 1.165) is 17.9 Å². The Morgan fingerprint density at radius 1 is 1.50 bits per heavy atom. The van der Waals surface area contributed by atoms with E-state index in [0.29, 0.717) is 11.1 Å². The number of thioether (sulfide) groups is 2. The summed E-state index contributed by atoms with van der Waals surface area (Å²) in [6.07, 6.45) is 2.51. The Bertz CT molecular complexity index is 419. The summed E-state index contributed by atoms with van der Waals surface area (Å²) in [6, 6.07) is 0.174. The lowest BCUT2D eigenvalue weighted by Gasteiger charge is -2.28. The summed E-state index contributed by atoms with van der Waals surface area (Å²) in [5.41, 5.74) is 0. The molecule has 0 spiro atoms. The van der Waals surface area contributed by atoms with E-state index in [1.165, 1.54) is 6.33 Å². The lowest BCUT2D eigenvalue weighted by molar-refractivity contribution is 0.0970. The molecule has 0 aliphatic carbocycles. The topological polar surface area (TPSA) is 47.8 Å². The lowest BCUT2D eigenvalue weighted by Crippen LogP contribution is -2.34. The van der Waals surface area contributed by atoms with Gasteiger partial charge in [0.1, 0.15) is 6.33 Å². The summed E-state index contributed by atoms with van der Waals surface area (Å²) in [4.78, 5) is 16.8. The molecule has 1 aliphatic heterocycles. The van der Waals surface area contributed by atoms with Gasteiger partial charge in [0.15, 0.2) is 5.82 Å². The van der Waals surface area contributed by atoms with Gasteiger partial charge in [0, 0.05) is 22.8 Å². The highest BCUT2D eigenvalue weighted by Crippen LogP contribution is 2.35. The van der Waals surface area contributed by atoms with Crippen molar-refractivity contribution in [3.8, 4) is 0 Å². The van der Waals surface area contributed by atoms with Crippen LogP contribution in [0.15, 0.2) is 6.33 Å². The number of hydrogen-bond acceptors (Lipinski definition) is 5. The Morgan fingerprint density at radius 2 is 2.22 bits per heavy atom. The number of hydrogen-bond donors (Lipinski definition) is 0. The van der Waals surface area contributed by atoms with E-state index in [1.54, 1.807) is 16.4 Å². The Balaban J connectivity index is 2.21. The maximum Gasteiger partial charge on any atom is 0.213 e. The van der Waals surface area contributed by atoms with Crippen molar-refractivity contribution in [3.05, 3.63) is 12.2 Å². The standard InChI is InChI=1S/C12H19N3OS2/c1-4-9-11(18-6-5-17-9)10(16)12-13-7-14-15(12)8(2)3/h7-9,11H,4-6H2,1-3H3. The van der Waals surface area contributed by atoms with Crippen LogP contribution in [-0.4, -0.2) is 42.6 Å². The Hall–Kier alpha value is -0.490. The average Bonchev–Trinajstić information content (AvgIpc) is 2.87. The first-order valence-corrected chi connectivity index (χ1v) is 8.41. The monoisotopic (exact) mass is 285 g/mol. The highest BCUT2D eigenvalue weighted by molar-refractivity contribution is 8.07. The molecule has 2 atom stereocenters. The summed E-state index contributed by atoms with van der Waals surface area (Å²) >= 11 is 3.68. The molecular weight excluding hydrogens is 266 g/mol. The average molecular weight is 285 g/mol. The van der Waals surface area contributed by atoms with E-state index in [4.69, 9.17) is 0 Å². The first kappa shape index (κ1) is 13.9. The van der Waals surface area contributed by atoms with Gasteiger partial charge in [-0.25, -0.2) is 9.67 Å². The molecule has 0 N–H and O–H groups in total. The molecule has 6 heteroatoms. The van der Waals surface area contributed by atoms with Crippen LogP contribution < -0.4 is 0 Å². The Morgan fingerprint density at radius 3 is 2.89 bits per heavy atom. The van der Waals surface area contributed by atoms with Gasteiger partial charge in [-0.3, -0.25) is 4.79 Å². The van der Waals surface area contributed by atoms with E-state index in [2.05, 4.69) is 17.0 Å². The van der Waals surface area contributed by atoms with Gasteiger partial charge in [-0.15, -0.1) is 11.8 Å². The number of Topliss-reactive ketones (excluding diaryl/α,β-unsaturated/α-hetero) is 1. The molecule has 0 saturated carbocycles. The molecule has 2 rings (SSSR count). The van der Waals surface area contributed by atoms with Crippen molar-refractivity contribution in [1.29, 1.82) is 0 Å². The zero-order chi connectivity index (χ0) is 13.1. The molecule has 4 nitrogen and oxygen atoms in total. The predicted octanol–water partition coefficient (Wildman–Crippen LogP) is 2.67. The zero-order valence-corrected chi connectivity index (χ0v) is 12.6. The maximum absolute atomic E-state index is 12.6. The minimum atomic E-state index is 0.0375. The van der Waals surface area contributed by atoms with Crippen LogP contribution in [-0.2, 0) is 0 Å². The van der Waals surface area contributed by atoms with Crippen LogP contribution in [0.25, 0.3) is 0 Å². The van der Waals surface area contributed by atoms with Gasteiger partial charge in [-0.05, 0) is 20.3 Å². The van der Waals surface area contributed by atoms with Crippen molar-refractivity contribution in [3.63, 3.8) is 0 Å². The molecule has 0 bridgehead atoms. The van der Waals surface area contributed by atoms with Crippen LogP contribution in [0.1, 0.15) is 43.9 Å². The summed E-state index contributed by atoms with van der Waals surface area (Å²) in [5.74, 6) is 2.85. The van der Waals surface area contributed by atoms with Crippen molar-refractivity contribution in [2.45, 2.75) is 43.7 Å². The quantitative estimate of drug-likeness (QED) is 0.796. The molecule has 2 heterocycles. The molecule has 1 aromatic heterocycles. The van der Waals surface area contributed by atoms with Gasteiger partial charge in [-0.1, -0.05) is 6.92 Å². The highest BCUT2D eigenvalue weighted by atomic mass is 32.2. The van der Waals surface area contributed by atoms with Crippen LogP contribution in [0.5, 0.6) is 0 Å². The zero-order valence-electron chi connectivity index (χ0n) is 11.0. The lowest BCUT2D eigenvalue weighted by atomic mass is 10.1. The number of nitrogens with zero attached hydrogens (tertiary/aromatic N) is 3. The highest BCUT2D eigenvalue weighted by Gasteiger charge is 2.34. The normalized spacial score (nSPS) is 24.4. The van der Waals surface area contributed by atoms with Crippen LogP contribution >= 0.6 is 23.5 Å². The second-order valence-corrected chi connectivity index (χ2v) is 7.19. The fourth-order valence-electron chi connectivity index (χ4n) is 2.08. The predicted molar refractivity (Wildman–Crippen MR) is 77.5 cm³/mol. The van der Waals surface area contributed by atoms with Gasteiger partial charge in [0.2, 0.25) is 5.78 Å². The number of rotatable bonds is 4. The molecule has 1 aromatic rings. The number of carbonyl (C=O) groups is 1. The summed E-state index contributed by atoms with van der Waals surface area (Å²) < 4.78 is 1.73. The summed E-state index contributed by atoms with van der Waals surface area (Å²) in [6.45, 7) is 6.19. The van der Waals surface area contributed by atoms with E-state index >= 15 is 0 Å². The van der Waals surface area contributed by atoms with E-state index < -0.39 is 0 Å². The van der Waals surface area contributed by atoms with Crippen molar-refractivity contribution in [2.24, 2.45) is 0 Å². The largest absolute Gasteiger partial charge is 0.289 e. The van der Waals surface area contributed by atoms with Gasteiger partial charge in [-0.2, -0.15) is 16.9 Å². The summed E-state index contributed by atoms with van der Waals surface area (Å²) in [7, 11) is 0. The fourth-order valence-corrected chi connectivity index (χ4v) is 5.07. The second kappa shape index (κ2) is 6.10. The van der Waals surface area contributed by atoms with Crippen LogP contribution in [0.2, 0.25) is 0 Å². The number of carbonyl (C=O) groups excluding carboxylic acids is 1.